The minimum Gasteiger partial charge on any atom is -0.381 e. The van der Waals surface area contributed by atoms with Crippen molar-refractivity contribution in [2.75, 3.05) is 14.2 Å². The van der Waals surface area contributed by atoms with Crippen LogP contribution >= 0.6 is 0 Å². The highest BCUT2D eigenvalue weighted by Crippen LogP contribution is 2.19. The van der Waals surface area contributed by atoms with E-state index in [-0.39, 0.29) is 0 Å². The molecule has 0 aromatic heterocycles. The van der Waals surface area contributed by atoms with Crippen molar-refractivity contribution >= 4 is 11.7 Å². The van der Waals surface area contributed by atoms with Crippen LogP contribution in [-0.2, 0) is 14.4 Å². The average Bonchev–Trinajstić information content (AvgIpc) is 2.24. The van der Waals surface area contributed by atoms with Gasteiger partial charge in [0.25, 0.3) is 5.78 Å². The van der Waals surface area contributed by atoms with Gasteiger partial charge in [-0.2, -0.15) is 0 Å². The summed E-state index contributed by atoms with van der Waals surface area (Å²) >= 11 is 0. The summed E-state index contributed by atoms with van der Waals surface area (Å²) in [5.41, 5.74) is -1.76. The fraction of sp³-hybridized carbons (Fsp3) is 0.600. The number of nitrogens with zero attached hydrogens (tertiary/aromatic N) is 1. The average molecular weight is 215 g/mol. The summed E-state index contributed by atoms with van der Waals surface area (Å²) in [7, 11) is 2.56. The van der Waals surface area contributed by atoms with Gasteiger partial charge in [-0.15, -0.1) is 6.58 Å². The van der Waals surface area contributed by atoms with Crippen molar-refractivity contribution < 1.29 is 19.5 Å². The van der Waals surface area contributed by atoms with Gasteiger partial charge in [-0.05, 0) is 6.92 Å². The van der Waals surface area contributed by atoms with Crippen molar-refractivity contribution in [2.24, 2.45) is 5.92 Å². The second kappa shape index (κ2) is 5.04. The van der Waals surface area contributed by atoms with Crippen LogP contribution in [0, 0.1) is 5.92 Å². The molecular weight excluding hydrogens is 198 g/mol. The van der Waals surface area contributed by atoms with Gasteiger partial charge in [0.1, 0.15) is 5.60 Å². The number of aliphatic hydroxyl groups is 1. The Morgan fingerprint density at radius 2 is 2.07 bits per heavy atom. The van der Waals surface area contributed by atoms with E-state index in [0.29, 0.717) is 0 Å². The molecule has 5 nitrogen and oxygen atoms in total. The van der Waals surface area contributed by atoms with Gasteiger partial charge in [-0.1, -0.05) is 13.0 Å². The molecule has 86 valence electrons. The third kappa shape index (κ3) is 2.87. The van der Waals surface area contributed by atoms with Gasteiger partial charge >= 0.3 is 5.91 Å². The summed E-state index contributed by atoms with van der Waals surface area (Å²) in [5.74, 6) is -2.32. The Balaban J connectivity index is 4.84. The molecule has 0 aliphatic heterocycles. The molecule has 0 aromatic rings. The predicted octanol–water partition coefficient (Wildman–Crippen LogP) is 0.148. The Hall–Kier alpha value is -1.20. The zero-order valence-electron chi connectivity index (χ0n) is 9.48. The standard InChI is InChI=1S/C10H17NO4/c1-6-7(2)10(3,14)8(12)9(13)11(4)15-5/h6-7,14H,1H2,2-5H3/t7-,10+/m0/s1. The number of hydrogen-bond acceptors (Lipinski definition) is 4. The fourth-order valence-electron chi connectivity index (χ4n) is 0.879. The monoisotopic (exact) mass is 215 g/mol. The molecule has 0 rings (SSSR count). The summed E-state index contributed by atoms with van der Waals surface area (Å²) < 4.78 is 0. The number of amides is 1. The summed E-state index contributed by atoms with van der Waals surface area (Å²) in [6.07, 6.45) is 1.41. The number of carbonyl (C=O) groups is 2. The lowest BCUT2D eigenvalue weighted by Crippen LogP contribution is -2.49. The zero-order valence-corrected chi connectivity index (χ0v) is 9.48. The first-order valence-electron chi connectivity index (χ1n) is 4.50. The topological polar surface area (TPSA) is 66.8 Å². The lowest BCUT2D eigenvalue weighted by Gasteiger charge is -2.27. The third-order valence-corrected chi connectivity index (χ3v) is 2.45. The van der Waals surface area contributed by atoms with Crippen LogP contribution < -0.4 is 0 Å². The van der Waals surface area contributed by atoms with Crippen LogP contribution in [0.2, 0.25) is 0 Å². The fourth-order valence-corrected chi connectivity index (χ4v) is 0.879. The maximum absolute atomic E-state index is 11.6. The Kier molecular flexibility index (Phi) is 4.64. The Morgan fingerprint density at radius 1 is 1.60 bits per heavy atom. The molecule has 15 heavy (non-hydrogen) atoms. The quantitative estimate of drug-likeness (QED) is 0.402. The highest BCUT2D eigenvalue weighted by molar-refractivity contribution is 6.38. The summed E-state index contributed by atoms with van der Waals surface area (Å²) in [6, 6.07) is 0. The molecule has 1 N–H and O–H groups in total. The normalized spacial score (nSPS) is 16.3. The second-order valence-electron chi connectivity index (χ2n) is 3.49. The number of ketones is 1. The van der Waals surface area contributed by atoms with Crippen LogP contribution in [0.5, 0.6) is 0 Å². The van der Waals surface area contributed by atoms with E-state index in [1.54, 1.807) is 6.92 Å². The van der Waals surface area contributed by atoms with E-state index in [0.717, 1.165) is 5.06 Å². The van der Waals surface area contributed by atoms with E-state index in [1.165, 1.54) is 27.2 Å². The number of rotatable bonds is 5. The number of hydrogen-bond donors (Lipinski definition) is 1. The highest BCUT2D eigenvalue weighted by atomic mass is 16.7. The molecule has 0 bridgehead atoms. The van der Waals surface area contributed by atoms with E-state index in [4.69, 9.17) is 0 Å². The van der Waals surface area contributed by atoms with Crippen molar-refractivity contribution in [3.8, 4) is 0 Å². The van der Waals surface area contributed by atoms with Gasteiger partial charge in [-0.3, -0.25) is 14.4 Å². The van der Waals surface area contributed by atoms with Gasteiger partial charge in [0.2, 0.25) is 0 Å². The first-order chi connectivity index (χ1) is 6.78. The smallest absolute Gasteiger partial charge is 0.316 e. The van der Waals surface area contributed by atoms with Crippen LogP contribution in [0.15, 0.2) is 12.7 Å². The SMILES string of the molecule is C=C[C@H](C)[C@@](C)(O)C(=O)C(=O)N(C)OC. The van der Waals surface area contributed by atoms with Crippen LogP contribution in [0.25, 0.3) is 0 Å². The van der Waals surface area contributed by atoms with Crippen molar-refractivity contribution in [1.29, 1.82) is 0 Å². The lowest BCUT2D eigenvalue weighted by atomic mass is 9.86. The molecule has 1 amide bonds. The summed E-state index contributed by atoms with van der Waals surface area (Å²) in [4.78, 5) is 27.6. The van der Waals surface area contributed by atoms with Crippen molar-refractivity contribution in [1.82, 2.24) is 5.06 Å². The van der Waals surface area contributed by atoms with E-state index in [1.807, 2.05) is 0 Å². The summed E-state index contributed by atoms with van der Waals surface area (Å²) in [5, 5.41) is 10.6. The van der Waals surface area contributed by atoms with Crippen molar-refractivity contribution in [3.05, 3.63) is 12.7 Å². The Morgan fingerprint density at radius 3 is 2.40 bits per heavy atom. The van der Waals surface area contributed by atoms with E-state index in [2.05, 4.69) is 11.4 Å². The van der Waals surface area contributed by atoms with Crippen molar-refractivity contribution in [2.45, 2.75) is 19.4 Å². The van der Waals surface area contributed by atoms with Gasteiger partial charge in [0.15, 0.2) is 0 Å². The minimum atomic E-state index is -1.76. The molecular formula is C10H17NO4. The maximum Gasteiger partial charge on any atom is 0.316 e. The van der Waals surface area contributed by atoms with Gasteiger partial charge in [0.05, 0.1) is 7.11 Å². The van der Waals surface area contributed by atoms with Gasteiger partial charge in [0, 0.05) is 13.0 Å². The number of Topliss-reactive ketones (excluding diaryl/α,β-unsaturated/α-hetero) is 1. The second-order valence-corrected chi connectivity index (χ2v) is 3.49. The lowest BCUT2D eigenvalue weighted by molar-refractivity contribution is -0.179. The van der Waals surface area contributed by atoms with Crippen LogP contribution in [0.1, 0.15) is 13.8 Å². The third-order valence-electron chi connectivity index (χ3n) is 2.45. The first-order valence-corrected chi connectivity index (χ1v) is 4.50. The molecule has 0 unspecified atom stereocenters. The number of carbonyl (C=O) groups excluding carboxylic acids is 2. The zero-order chi connectivity index (χ0) is 12.2. The number of likely N-dealkylation sites (N-methyl/N-ethyl adjacent to an activating group) is 1. The van der Waals surface area contributed by atoms with Gasteiger partial charge < -0.3 is 5.11 Å². The Bertz CT molecular complexity index is 273. The molecule has 0 radical (unpaired) electrons. The molecule has 0 heterocycles. The van der Waals surface area contributed by atoms with E-state index in [9.17, 15) is 14.7 Å². The highest BCUT2D eigenvalue weighted by Gasteiger charge is 2.40. The van der Waals surface area contributed by atoms with Crippen LogP contribution in [0.4, 0.5) is 0 Å². The van der Waals surface area contributed by atoms with Crippen molar-refractivity contribution in [3.63, 3.8) is 0 Å². The molecule has 0 aliphatic carbocycles. The molecule has 0 saturated carbocycles. The largest absolute Gasteiger partial charge is 0.381 e. The molecule has 0 spiro atoms. The van der Waals surface area contributed by atoms with Crippen LogP contribution in [0.3, 0.4) is 0 Å². The molecule has 0 aromatic carbocycles. The molecule has 2 atom stereocenters. The van der Waals surface area contributed by atoms with Crippen LogP contribution in [-0.4, -0.2) is 41.6 Å². The van der Waals surface area contributed by atoms with E-state index < -0.39 is 23.2 Å². The molecule has 0 saturated heterocycles. The first kappa shape index (κ1) is 13.8. The predicted molar refractivity (Wildman–Crippen MR) is 54.8 cm³/mol. The molecule has 5 heteroatoms. The maximum atomic E-state index is 11.6. The summed E-state index contributed by atoms with van der Waals surface area (Å²) in [6.45, 7) is 6.35. The molecule has 0 aliphatic rings. The Labute approximate surface area is 89.3 Å². The van der Waals surface area contributed by atoms with Gasteiger partial charge in [-0.25, -0.2) is 5.06 Å². The minimum absolute atomic E-state index is 0.515. The molecule has 0 fully saturated rings. The van der Waals surface area contributed by atoms with E-state index >= 15 is 0 Å². The number of hydroxylamine groups is 2.